The largest absolute Gasteiger partial charge is 0.238 e. The first-order valence-electron chi connectivity index (χ1n) is 7.78. The summed E-state index contributed by atoms with van der Waals surface area (Å²) in [6, 6.07) is 18.0. The summed E-state index contributed by atoms with van der Waals surface area (Å²) in [6.45, 7) is 2.02. The van der Waals surface area contributed by atoms with Crippen LogP contribution in [0.5, 0.6) is 0 Å². The fourth-order valence-electron chi connectivity index (χ4n) is 2.56. The monoisotopic (exact) mass is 383 g/mol. The number of aromatic nitrogens is 3. The second-order valence-corrected chi connectivity index (χ2v) is 8.08. The first-order chi connectivity index (χ1) is 12.2. The van der Waals surface area contributed by atoms with E-state index >= 15 is 0 Å². The number of thioether (sulfide) groups is 1. The molecule has 2 aromatic carbocycles. The van der Waals surface area contributed by atoms with E-state index in [0.29, 0.717) is 0 Å². The minimum atomic E-state index is 0.741. The molecule has 0 fully saturated rings. The topological polar surface area (TPSA) is 38.7 Å². The van der Waals surface area contributed by atoms with Gasteiger partial charge >= 0.3 is 0 Å². The molecule has 0 aliphatic carbocycles. The molecule has 0 saturated heterocycles. The Labute approximate surface area is 159 Å². The van der Waals surface area contributed by atoms with Crippen molar-refractivity contribution < 1.29 is 0 Å². The average molecular weight is 384 g/mol. The standard InChI is InChI=1S/C19H14ClN3S2/c1-12-21-17-18(25-12)16(13-7-3-2-4-8-13)22-23-19(17)24-11-14-9-5-6-10-15(14)20/h2-10H,11H2,1H3. The molecule has 0 atom stereocenters. The van der Waals surface area contributed by atoms with Gasteiger partial charge in [-0.1, -0.05) is 71.9 Å². The third-order valence-electron chi connectivity index (χ3n) is 3.76. The van der Waals surface area contributed by atoms with Crippen molar-refractivity contribution in [3.05, 3.63) is 70.2 Å². The van der Waals surface area contributed by atoms with Gasteiger partial charge in [0.2, 0.25) is 0 Å². The van der Waals surface area contributed by atoms with Gasteiger partial charge in [-0.3, -0.25) is 0 Å². The van der Waals surface area contributed by atoms with E-state index in [9.17, 15) is 0 Å². The molecule has 0 aliphatic heterocycles. The van der Waals surface area contributed by atoms with Gasteiger partial charge in [-0.25, -0.2) is 4.98 Å². The van der Waals surface area contributed by atoms with Crippen LogP contribution in [0.1, 0.15) is 10.6 Å². The van der Waals surface area contributed by atoms with E-state index in [1.54, 1.807) is 23.1 Å². The normalized spacial score (nSPS) is 11.1. The lowest BCUT2D eigenvalue weighted by Crippen LogP contribution is -1.93. The van der Waals surface area contributed by atoms with Gasteiger partial charge in [0.05, 0.1) is 9.71 Å². The molecule has 0 bridgehead atoms. The number of fused-ring (bicyclic) bond motifs is 1. The van der Waals surface area contributed by atoms with Crippen LogP contribution >= 0.6 is 34.7 Å². The maximum atomic E-state index is 6.26. The van der Waals surface area contributed by atoms with E-state index in [-0.39, 0.29) is 0 Å². The summed E-state index contributed by atoms with van der Waals surface area (Å²) >= 11 is 9.54. The summed E-state index contributed by atoms with van der Waals surface area (Å²) in [5.74, 6) is 0.741. The molecule has 0 radical (unpaired) electrons. The molecule has 0 N–H and O–H groups in total. The summed E-state index contributed by atoms with van der Waals surface area (Å²) in [7, 11) is 0. The third-order valence-corrected chi connectivity index (χ3v) is 6.11. The lowest BCUT2D eigenvalue weighted by Gasteiger charge is -2.06. The van der Waals surface area contributed by atoms with Gasteiger partial charge in [0.15, 0.2) is 0 Å². The molecule has 2 aromatic heterocycles. The van der Waals surface area contributed by atoms with Crippen LogP contribution in [-0.4, -0.2) is 15.2 Å². The summed E-state index contributed by atoms with van der Waals surface area (Å²) < 4.78 is 1.08. The van der Waals surface area contributed by atoms with E-state index < -0.39 is 0 Å². The second kappa shape index (κ2) is 7.12. The Morgan fingerprint density at radius 3 is 2.56 bits per heavy atom. The first-order valence-corrected chi connectivity index (χ1v) is 9.96. The molecule has 0 spiro atoms. The summed E-state index contributed by atoms with van der Waals surface area (Å²) in [6.07, 6.45) is 0. The fraction of sp³-hybridized carbons (Fsp3) is 0.105. The molecule has 2 heterocycles. The average Bonchev–Trinajstić information content (AvgIpc) is 3.03. The van der Waals surface area contributed by atoms with Gasteiger partial charge in [-0.15, -0.1) is 21.5 Å². The van der Waals surface area contributed by atoms with Crippen LogP contribution in [-0.2, 0) is 5.75 Å². The van der Waals surface area contributed by atoms with Crippen LogP contribution in [0.15, 0.2) is 59.6 Å². The number of benzene rings is 2. The fourth-order valence-corrected chi connectivity index (χ4v) is 4.76. The van der Waals surface area contributed by atoms with Crippen LogP contribution in [0.25, 0.3) is 21.5 Å². The molecule has 0 saturated carbocycles. The maximum absolute atomic E-state index is 6.26. The molecule has 0 amide bonds. The van der Waals surface area contributed by atoms with E-state index in [0.717, 1.165) is 47.8 Å². The summed E-state index contributed by atoms with van der Waals surface area (Å²) in [5.41, 5.74) is 3.96. The van der Waals surface area contributed by atoms with Crippen LogP contribution in [0, 0.1) is 6.92 Å². The van der Waals surface area contributed by atoms with Crippen molar-refractivity contribution in [1.29, 1.82) is 0 Å². The van der Waals surface area contributed by atoms with Crippen molar-refractivity contribution in [2.75, 3.05) is 0 Å². The van der Waals surface area contributed by atoms with Crippen molar-refractivity contribution in [2.45, 2.75) is 17.7 Å². The Hall–Kier alpha value is -1.95. The molecule has 3 nitrogen and oxygen atoms in total. The molecule has 6 heteroatoms. The van der Waals surface area contributed by atoms with Gasteiger partial charge < -0.3 is 0 Å². The molecular formula is C19H14ClN3S2. The van der Waals surface area contributed by atoms with E-state index in [4.69, 9.17) is 16.6 Å². The number of thiazole rings is 1. The lowest BCUT2D eigenvalue weighted by atomic mass is 10.1. The molecule has 0 unspecified atom stereocenters. The van der Waals surface area contributed by atoms with Crippen molar-refractivity contribution in [3.8, 4) is 11.3 Å². The number of halogens is 1. The van der Waals surface area contributed by atoms with Crippen molar-refractivity contribution in [3.63, 3.8) is 0 Å². The predicted octanol–water partition coefficient (Wildman–Crippen LogP) is 6.01. The quantitative estimate of drug-likeness (QED) is 0.404. The highest BCUT2D eigenvalue weighted by molar-refractivity contribution is 7.98. The van der Waals surface area contributed by atoms with Gasteiger partial charge in [0.25, 0.3) is 0 Å². The number of hydrogen-bond donors (Lipinski definition) is 0. The van der Waals surface area contributed by atoms with Gasteiger partial charge in [-0.05, 0) is 18.6 Å². The van der Waals surface area contributed by atoms with Crippen molar-refractivity contribution >= 4 is 44.9 Å². The Balaban J connectivity index is 1.73. The van der Waals surface area contributed by atoms with E-state index in [2.05, 4.69) is 22.3 Å². The van der Waals surface area contributed by atoms with Crippen LogP contribution in [0.3, 0.4) is 0 Å². The zero-order valence-electron chi connectivity index (χ0n) is 13.4. The van der Waals surface area contributed by atoms with Crippen LogP contribution in [0.4, 0.5) is 0 Å². The molecule has 25 heavy (non-hydrogen) atoms. The molecular weight excluding hydrogens is 370 g/mol. The number of rotatable bonds is 4. The molecule has 4 rings (SSSR count). The number of aryl methyl sites for hydroxylation is 1. The minimum Gasteiger partial charge on any atom is -0.238 e. The van der Waals surface area contributed by atoms with Crippen LogP contribution < -0.4 is 0 Å². The van der Waals surface area contributed by atoms with E-state index in [1.807, 2.05) is 49.4 Å². The number of hydrogen-bond acceptors (Lipinski definition) is 5. The van der Waals surface area contributed by atoms with Crippen LogP contribution in [0.2, 0.25) is 5.02 Å². The second-order valence-electron chi connectivity index (χ2n) is 5.51. The third kappa shape index (κ3) is 3.40. The zero-order valence-corrected chi connectivity index (χ0v) is 15.8. The molecule has 0 aliphatic rings. The summed E-state index contributed by atoms with van der Waals surface area (Å²) in [4.78, 5) is 4.70. The Morgan fingerprint density at radius 2 is 1.76 bits per heavy atom. The Bertz CT molecular complexity index is 1030. The van der Waals surface area contributed by atoms with Crippen molar-refractivity contribution in [1.82, 2.24) is 15.2 Å². The highest BCUT2D eigenvalue weighted by Crippen LogP contribution is 2.36. The van der Waals surface area contributed by atoms with Gasteiger partial charge in [0, 0.05) is 16.3 Å². The highest BCUT2D eigenvalue weighted by Gasteiger charge is 2.16. The van der Waals surface area contributed by atoms with Gasteiger partial charge in [0.1, 0.15) is 16.2 Å². The Morgan fingerprint density at radius 1 is 1.00 bits per heavy atom. The lowest BCUT2D eigenvalue weighted by molar-refractivity contribution is 0.955. The number of nitrogens with zero attached hydrogens (tertiary/aromatic N) is 3. The molecule has 4 aromatic rings. The maximum Gasteiger partial charge on any atom is 0.146 e. The minimum absolute atomic E-state index is 0.741. The smallest absolute Gasteiger partial charge is 0.146 e. The SMILES string of the molecule is Cc1nc2c(SCc3ccccc3Cl)nnc(-c3ccccc3)c2s1. The Kier molecular flexibility index (Phi) is 4.70. The zero-order chi connectivity index (χ0) is 17.2. The van der Waals surface area contributed by atoms with E-state index in [1.165, 1.54) is 0 Å². The highest BCUT2D eigenvalue weighted by atomic mass is 35.5. The summed E-state index contributed by atoms with van der Waals surface area (Å²) in [5, 5.41) is 11.6. The van der Waals surface area contributed by atoms with Crippen molar-refractivity contribution in [2.24, 2.45) is 0 Å². The predicted molar refractivity (Wildman–Crippen MR) is 106 cm³/mol. The van der Waals surface area contributed by atoms with Gasteiger partial charge in [-0.2, -0.15) is 0 Å². The molecule has 124 valence electrons. The first kappa shape index (κ1) is 16.5.